The molecule has 0 saturated carbocycles. The normalized spacial score (nSPS) is 12.1. The smallest absolute Gasteiger partial charge is 0.137 e. The van der Waals surface area contributed by atoms with Crippen LogP contribution in [0, 0.1) is 0 Å². The van der Waals surface area contributed by atoms with Gasteiger partial charge in [0.2, 0.25) is 0 Å². The van der Waals surface area contributed by atoms with Crippen LogP contribution in [0.5, 0.6) is 0 Å². The highest BCUT2D eigenvalue weighted by atomic mass is 16.3. The summed E-state index contributed by atoms with van der Waals surface area (Å²) in [5, 5.41) is 5.43. The SMILES string of the molecule is NN=c1ccc2c(-c3ccccc3)c3ccc(N)cc3oc-2c1. The molecule has 112 valence electrons. The highest BCUT2D eigenvalue weighted by molar-refractivity contribution is 6.02. The number of hydrogen-bond donors (Lipinski definition) is 2. The lowest BCUT2D eigenvalue weighted by Gasteiger charge is -2.15. The van der Waals surface area contributed by atoms with E-state index in [9.17, 15) is 0 Å². The summed E-state index contributed by atoms with van der Waals surface area (Å²) in [6.45, 7) is 0. The first kappa shape index (κ1) is 13.4. The van der Waals surface area contributed by atoms with Crippen molar-refractivity contribution in [3.05, 3.63) is 72.1 Å². The molecular formula is C19H15N3O. The van der Waals surface area contributed by atoms with Crippen molar-refractivity contribution in [2.45, 2.75) is 0 Å². The van der Waals surface area contributed by atoms with Gasteiger partial charge in [0.1, 0.15) is 11.3 Å². The Morgan fingerprint density at radius 3 is 2.48 bits per heavy atom. The van der Waals surface area contributed by atoms with Crippen LogP contribution in [0.3, 0.4) is 0 Å². The molecule has 1 aliphatic carbocycles. The molecule has 2 aromatic rings. The van der Waals surface area contributed by atoms with Crippen LogP contribution >= 0.6 is 0 Å². The monoisotopic (exact) mass is 301 g/mol. The maximum absolute atomic E-state index is 6.04. The number of benzene rings is 3. The molecule has 0 aromatic heterocycles. The van der Waals surface area contributed by atoms with Gasteiger partial charge < -0.3 is 16.0 Å². The van der Waals surface area contributed by atoms with Crippen LogP contribution in [-0.2, 0) is 0 Å². The van der Waals surface area contributed by atoms with Crippen LogP contribution < -0.4 is 16.9 Å². The van der Waals surface area contributed by atoms with E-state index in [1.54, 1.807) is 0 Å². The van der Waals surface area contributed by atoms with Gasteiger partial charge in [0.15, 0.2) is 0 Å². The lowest BCUT2D eigenvalue weighted by atomic mass is 9.94. The van der Waals surface area contributed by atoms with Gasteiger partial charge in [0.05, 0.1) is 5.36 Å². The molecule has 4 nitrogen and oxygen atoms in total. The molecular weight excluding hydrogens is 286 g/mol. The summed E-state index contributed by atoms with van der Waals surface area (Å²) < 4.78 is 6.04. The number of anilines is 1. The van der Waals surface area contributed by atoms with E-state index in [4.69, 9.17) is 16.0 Å². The Balaban J connectivity index is 2.20. The highest BCUT2D eigenvalue weighted by Crippen LogP contribution is 2.39. The van der Waals surface area contributed by atoms with Crippen molar-refractivity contribution in [3.8, 4) is 22.5 Å². The average Bonchev–Trinajstić information content (AvgIpc) is 2.59. The Morgan fingerprint density at radius 2 is 1.70 bits per heavy atom. The lowest BCUT2D eigenvalue weighted by Crippen LogP contribution is -2.05. The summed E-state index contributed by atoms with van der Waals surface area (Å²) >= 11 is 0. The van der Waals surface area contributed by atoms with Crippen LogP contribution in [0.25, 0.3) is 33.4 Å². The van der Waals surface area contributed by atoms with Crippen LogP contribution in [0.2, 0.25) is 0 Å². The number of nitrogen functional groups attached to an aromatic ring is 1. The van der Waals surface area contributed by atoms with E-state index >= 15 is 0 Å². The second-order valence-electron chi connectivity index (χ2n) is 5.41. The van der Waals surface area contributed by atoms with E-state index in [1.165, 1.54) is 0 Å². The molecule has 23 heavy (non-hydrogen) atoms. The molecule has 0 unspecified atom stereocenters. The maximum atomic E-state index is 6.04. The van der Waals surface area contributed by atoms with E-state index < -0.39 is 0 Å². The van der Waals surface area contributed by atoms with Gasteiger partial charge in [-0.05, 0) is 29.8 Å². The van der Waals surface area contributed by atoms with Crippen molar-refractivity contribution in [3.63, 3.8) is 0 Å². The van der Waals surface area contributed by atoms with Crippen LogP contribution in [-0.4, -0.2) is 0 Å². The molecule has 0 spiro atoms. The summed E-state index contributed by atoms with van der Waals surface area (Å²) in [6, 6.07) is 21.7. The molecule has 1 heterocycles. The minimum atomic E-state index is 0.666. The number of nitrogens with zero attached hydrogens (tertiary/aromatic N) is 1. The van der Waals surface area contributed by atoms with Gasteiger partial charge in [-0.25, -0.2) is 0 Å². The third kappa shape index (κ3) is 2.21. The third-order valence-corrected chi connectivity index (χ3v) is 3.94. The van der Waals surface area contributed by atoms with Crippen molar-refractivity contribution in [2.24, 2.45) is 10.9 Å². The Hall–Kier alpha value is -3.27. The standard InChI is InChI=1S/C19H15N3O/c20-13-6-8-15-17(10-13)23-18-11-14(22-21)7-9-16(18)19(15)12-4-2-1-3-5-12/h1-11H,20-21H2. The summed E-state index contributed by atoms with van der Waals surface area (Å²) in [5.74, 6) is 6.12. The minimum Gasteiger partial charge on any atom is -0.456 e. The van der Waals surface area contributed by atoms with Crippen LogP contribution in [0.4, 0.5) is 5.69 Å². The molecule has 2 aliphatic rings. The summed E-state index contributed by atoms with van der Waals surface area (Å²) in [7, 11) is 0. The van der Waals surface area contributed by atoms with Gasteiger partial charge in [-0.1, -0.05) is 30.3 Å². The van der Waals surface area contributed by atoms with E-state index in [1.807, 2.05) is 54.6 Å². The van der Waals surface area contributed by atoms with Gasteiger partial charge in [-0.2, -0.15) is 5.10 Å². The second kappa shape index (κ2) is 5.18. The largest absolute Gasteiger partial charge is 0.456 e. The van der Waals surface area contributed by atoms with E-state index in [2.05, 4.69) is 17.2 Å². The molecule has 4 heteroatoms. The number of nitrogens with two attached hydrogens (primary N) is 2. The zero-order valence-corrected chi connectivity index (χ0v) is 12.4. The Bertz CT molecular complexity index is 1040. The van der Waals surface area contributed by atoms with Crippen LogP contribution in [0.15, 0.2) is 76.2 Å². The Kier molecular flexibility index (Phi) is 3.01. The van der Waals surface area contributed by atoms with Crippen molar-refractivity contribution in [1.29, 1.82) is 0 Å². The molecule has 0 radical (unpaired) electrons. The van der Waals surface area contributed by atoms with E-state index in [0.29, 0.717) is 11.0 Å². The van der Waals surface area contributed by atoms with Gasteiger partial charge in [0, 0.05) is 34.3 Å². The lowest BCUT2D eigenvalue weighted by molar-refractivity contribution is 0.619. The van der Waals surface area contributed by atoms with E-state index in [0.717, 1.165) is 33.4 Å². The predicted molar refractivity (Wildman–Crippen MR) is 92.4 cm³/mol. The number of fused-ring (bicyclic) bond motifs is 2. The topological polar surface area (TPSA) is 77.5 Å². The first-order valence-electron chi connectivity index (χ1n) is 7.32. The molecule has 0 saturated heterocycles. The molecule has 0 amide bonds. The molecule has 4 rings (SSSR count). The van der Waals surface area contributed by atoms with Crippen molar-refractivity contribution >= 4 is 16.7 Å². The Labute approximate surface area is 133 Å². The zero-order chi connectivity index (χ0) is 15.8. The fourth-order valence-electron chi connectivity index (χ4n) is 2.89. The van der Waals surface area contributed by atoms with Crippen molar-refractivity contribution in [2.75, 3.05) is 5.73 Å². The summed E-state index contributed by atoms with van der Waals surface area (Å²) in [4.78, 5) is 0. The molecule has 0 fully saturated rings. The fourth-order valence-corrected chi connectivity index (χ4v) is 2.89. The summed E-state index contributed by atoms with van der Waals surface area (Å²) in [6.07, 6.45) is 0. The average molecular weight is 301 g/mol. The zero-order valence-electron chi connectivity index (χ0n) is 12.4. The molecule has 2 aromatic carbocycles. The second-order valence-corrected chi connectivity index (χ2v) is 5.41. The van der Waals surface area contributed by atoms with Gasteiger partial charge >= 0.3 is 0 Å². The van der Waals surface area contributed by atoms with Crippen LogP contribution in [0.1, 0.15) is 0 Å². The van der Waals surface area contributed by atoms with Gasteiger partial charge in [-0.15, -0.1) is 0 Å². The molecule has 0 bridgehead atoms. The first-order chi connectivity index (χ1) is 11.3. The first-order valence-corrected chi connectivity index (χ1v) is 7.32. The highest BCUT2D eigenvalue weighted by Gasteiger charge is 2.16. The third-order valence-electron chi connectivity index (χ3n) is 3.94. The molecule has 1 aliphatic heterocycles. The summed E-state index contributed by atoms with van der Waals surface area (Å²) in [5.41, 5.74) is 10.6. The van der Waals surface area contributed by atoms with Gasteiger partial charge in [-0.3, -0.25) is 0 Å². The Morgan fingerprint density at radius 1 is 0.870 bits per heavy atom. The number of rotatable bonds is 1. The van der Waals surface area contributed by atoms with Crippen molar-refractivity contribution < 1.29 is 4.42 Å². The fraction of sp³-hybridized carbons (Fsp3) is 0. The van der Waals surface area contributed by atoms with E-state index in [-0.39, 0.29) is 0 Å². The van der Waals surface area contributed by atoms with Gasteiger partial charge in [0.25, 0.3) is 0 Å². The quantitative estimate of drug-likeness (QED) is 0.244. The van der Waals surface area contributed by atoms with Crippen molar-refractivity contribution in [1.82, 2.24) is 0 Å². The predicted octanol–water partition coefficient (Wildman–Crippen LogP) is 3.56. The maximum Gasteiger partial charge on any atom is 0.137 e. The minimum absolute atomic E-state index is 0.666. The number of hydrogen-bond acceptors (Lipinski definition) is 4. The molecule has 4 N–H and O–H groups in total. The molecule has 0 atom stereocenters.